The molecule has 1 aliphatic carbocycles. The predicted octanol–water partition coefficient (Wildman–Crippen LogP) is 3.48. The number of nitro groups is 1. The predicted molar refractivity (Wildman–Crippen MR) is 103 cm³/mol. The quantitative estimate of drug-likeness (QED) is 0.491. The lowest BCUT2D eigenvalue weighted by Gasteiger charge is -2.35. The smallest absolute Gasteiger partial charge is 0.269 e. The molecule has 132 valence electrons. The topological polar surface area (TPSA) is 76.4 Å². The summed E-state index contributed by atoms with van der Waals surface area (Å²) in [6.45, 7) is 0. The Labute approximate surface area is 156 Å². The number of rotatable bonds is 3. The Kier molecular flexibility index (Phi) is 4.08. The summed E-state index contributed by atoms with van der Waals surface area (Å²) in [5.41, 5.74) is 5.39. The van der Waals surface area contributed by atoms with Gasteiger partial charge in [0.2, 0.25) is 0 Å². The molecule has 1 heterocycles. The van der Waals surface area contributed by atoms with E-state index < -0.39 is 0 Å². The van der Waals surface area contributed by atoms with Gasteiger partial charge in [-0.1, -0.05) is 12.1 Å². The van der Waals surface area contributed by atoms with E-state index in [2.05, 4.69) is 10.6 Å². The first kappa shape index (κ1) is 16.5. The summed E-state index contributed by atoms with van der Waals surface area (Å²) in [5, 5.41) is 18.2. The van der Waals surface area contributed by atoms with E-state index in [1.807, 2.05) is 24.3 Å². The van der Waals surface area contributed by atoms with Crippen LogP contribution in [-0.2, 0) is 6.42 Å². The van der Waals surface area contributed by atoms with Crippen molar-refractivity contribution in [2.75, 3.05) is 7.11 Å². The molecule has 0 radical (unpaired) electrons. The maximum absolute atomic E-state index is 11.1. The van der Waals surface area contributed by atoms with E-state index in [0.717, 1.165) is 41.0 Å². The largest absolute Gasteiger partial charge is 0.497 e. The van der Waals surface area contributed by atoms with Crippen LogP contribution >= 0.6 is 12.2 Å². The average molecular weight is 367 g/mol. The fourth-order valence-corrected chi connectivity index (χ4v) is 3.84. The number of fused-ring (bicyclic) bond motifs is 2. The zero-order valence-electron chi connectivity index (χ0n) is 14.1. The van der Waals surface area contributed by atoms with Gasteiger partial charge in [-0.25, -0.2) is 0 Å². The molecule has 0 amide bonds. The van der Waals surface area contributed by atoms with Gasteiger partial charge in [0.25, 0.3) is 5.69 Å². The number of methoxy groups -OCH3 is 1. The number of hydrogen-bond acceptors (Lipinski definition) is 4. The molecule has 1 atom stereocenters. The zero-order chi connectivity index (χ0) is 18.3. The zero-order valence-corrected chi connectivity index (χ0v) is 14.9. The Balaban J connectivity index is 1.81. The number of nitrogens with one attached hydrogen (secondary N) is 2. The number of hydrogen-bond donors (Lipinski definition) is 2. The van der Waals surface area contributed by atoms with Crippen molar-refractivity contribution in [1.29, 1.82) is 0 Å². The van der Waals surface area contributed by atoms with E-state index in [1.165, 1.54) is 11.6 Å². The van der Waals surface area contributed by atoms with Gasteiger partial charge in [-0.05, 0) is 60.0 Å². The van der Waals surface area contributed by atoms with Gasteiger partial charge in [0.05, 0.1) is 18.1 Å². The fourth-order valence-electron chi connectivity index (χ4n) is 3.62. The molecular weight excluding hydrogens is 350 g/mol. The van der Waals surface area contributed by atoms with Crippen LogP contribution in [0.15, 0.2) is 48.0 Å². The van der Waals surface area contributed by atoms with Crippen molar-refractivity contribution in [2.45, 2.75) is 18.9 Å². The molecule has 26 heavy (non-hydrogen) atoms. The molecule has 0 bridgehead atoms. The molecule has 0 saturated heterocycles. The van der Waals surface area contributed by atoms with E-state index >= 15 is 0 Å². The number of benzene rings is 2. The first-order valence-electron chi connectivity index (χ1n) is 8.29. The Hall–Kier alpha value is -2.93. The SMILES string of the molecule is COc1ccc2c(c1)CCC1=C2NC(=S)NC1c1cccc([N+](=O)[O-])c1. The standard InChI is InChI=1S/C19H17N3O3S/c1-25-14-6-8-15-11(10-14)5-7-16-17(20-19(26)21-18(15)16)12-3-2-4-13(9-12)22(23)24/h2-4,6,8-10,17H,5,7H2,1H3,(H2,20,21,26). The normalized spacial score (nSPS) is 18.3. The monoisotopic (exact) mass is 367 g/mol. The molecule has 0 spiro atoms. The summed E-state index contributed by atoms with van der Waals surface area (Å²) in [6.07, 6.45) is 1.72. The van der Waals surface area contributed by atoms with Gasteiger partial charge in [0.15, 0.2) is 5.11 Å². The van der Waals surface area contributed by atoms with Gasteiger partial charge in [-0.3, -0.25) is 10.1 Å². The van der Waals surface area contributed by atoms with Crippen molar-refractivity contribution in [1.82, 2.24) is 10.6 Å². The molecule has 2 aromatic rings. The molecule has 7 heteroatoms. The molecule has 0 fully saturated rings. The highest BCUT2D eigenvalue weighted by Crippen LogP contribution is 2.40. The second-order valence-electron chi connectivity index (χ2n) is 6.31. The maximum Gasteiger partial charge on any atom is 0.269 e. The van der Waals surface area contributed by atoms with E-state index in [1.54, 1.807) is 19.2 Å². The van der Waals surface area contributed by atoms with Crippen LogP contribution in [0.2, 0.25) is 0 Å². The van der Waals surface area contributed by atoms with Gasteiger partial charge >= 0.3 is 0 Å². The molecule has 2 aliphatic rings. The third kappa shape index (κ3) is 2.80. The Bertz CT molecular complexity index is 955. The molecule has 0 saturated carbocycles. The van der Waals surface area contributed by atoms with E-state index in [4.69, 9.17) is 17.0 Å². The van der Waals surface area contributed by atoms with Crippen molar-refractivity contribution in [3.8, 4) is 5.75 Å². The van der Waals surface area contributed by atoms with E-state index in [9.17, 15) is 10.1 Å². The minimum Gasteiger partial charge on any atom is -0.497 e. The lowest BCUT2D eigenvalue weighted by atomic mass is 9.82. The summed E-state index contributed by atoms with van der Waals surface area (Å²) in [7, 11) is 1.66. The van der Waals surface area contributed by atoms with Gasteiger partial charge in [-0.15, -0.1) is 0 Å². The lowest BCUT2D eigenvalue weighted by molar-refractivity contribution is -0.384. The Morgan fingerprint density at radius 2 is 2.08 bits per heavy atom. The average Bonchev–Trinajstić information content (AvgIpc) is 2.66. The van der Waals surface area contributed by atoms with Crippen LogP contribution in [0.3, 0.4) is 0 Å². The van der Waals surface area contributed by atoms with Crippen LogP contribution in [0.5, 0.6) is 5.75 Å². The van der Waals surface area contributed by atoms with Crippen molar-refractivity contribution in [3.63, 3.8) is 0 Å². The fraction of sp³-hybridized carbons (Fsp3) is 0.211. The highest BCUT2D eigenvalue weighted by Gasteiger charge is 2.31. The van der Waals surface area contributed by atoms with Crippen molar-refractivity contribution >= 4 is 28.7 Å². The minimum atomic E-state index is -0.374. The third-order valence-electron chi connectivity index (χ3n) is 4.84. The van der Waals surface area contributed by atoms with Crippen LogP contribution in [-0.4, -0.2) is 17.1 Å². The number of non-ortho nitro benzene ring substituents is 1. The maximum atomic E-state index is 11.1. The number of ether oxygens (including phenoxy) is 1. The second-order valence-corrected chi connectivity index (χ2v) is 6.72. The van der Waals surface area contributed by atoms with E-state index in [0.29, 0.717) is 5.11 Å². The number of nitrogens with zero attached hydrogens (tertiary/aromatic N) is 1. The lowest BCUT2D eigenvalue weighted by Crippen LogP contribution is -2.44. The van der Waals surface area contributed by atoms with Crippen LogP contribution < -0.4 is 15.4 Å². The van der Waals surface area contributed by atoms with Gasteiger partial charge < -0.3 is 15.4 Å². The second kappa shape index (κ2) is 6.42. The molecule has 4 rings (SSSR count). The number of aryl methyl sites for hydroxylation is 1. The number of thiocarbonyl (C=S) groups is 1. The molecule has 2 aromatic carbocycles. The molecule has 1 aliphatic heterocycles. The van der Waals surface area contributed by atoms with Gasteiger partial charge in [0, 0.05) is 23.4 Å². The summed E-state index contributed by atoms with van der Waals surface area (Å²) in [6, 6.07) is 12.6. The van der Waals surface area contributed by atoms with Crippen molar-refractivity contribution in [2.24, 2.45) is 0 Å². The van der Waals surface area contributed by atoms with E-state index in [-0.39, 0.29) is 16.7 Å². The molecule has 0 aromatic heterocycles. The first-order chi connectivity index (χ1) is 12.6. The summed E-state index contributed by atoms with van der Waals surface area (Å²) >= 11 is 5.40. The first-order valence-corrected chi connectivity index (χ1v) is 8.70. The summed E-state index contributed by atoms with van der Waals surface area (Å²) < 4.78 is 5.33. The Morgan fingerprint density at radius 3 is 2.85 bits per heavy atom. The molecule has 1 unspecified atom stereocenters. The Morgan fingerprint density at radius 1 is 1.23 bits per heavy atom. The van der Waals surface area contributed by atoms with Crippen LogP contribution in [0.25, 0.3) is 5.70 Å². The van der Waals surface area contributed by atoms with Gasteiger partial charge in [0.1, 0.15) is 5.75 Å². The van der Waals surface area contributed by atoms with Crippen LogP contribution in [0.1, 0.15) is 29.2 Å². The number of nitro benzene ring substituents is 1. The third-order valence-corrected chi connectivity index (χ3v) is 5.06. The minimum absolute atomic E-state index is 0.0804. The summed E-state index contributed by atoms with van der Waals surface area (Å²) in [5.74, 6) is 0.833. The van der Waals surface area contributed by atoms with Crippen molar-refractivity contribution < 1.29 is 9.66 Å². The summed E-state index contributed by atoms with van der Waals surface area (Å²) in [4.78, 5) is 10.8. The molecule has 6 nitrogen and oxygen atoms in total. The highest BCUT2D eigenvalue weighted by molar-refractivity contribution is 7.80. The highest BCUT2D eigenvalue weighted by atomic mass is 32.1. The van der Waals surface area contributed by atoms with Crippen molar-refractivity contribution in [3.05, 3.63) is 74.8 Å². The molecular formula is C19H17N3O3S. The van der Waals surface area contributed by atoms with Gasteiger partial charge in [-0.2, -0.15) is 0 Å². The van der Waals surface area contributed by atoms with Crippen LogP contribution in [0, 0.1) is 10.1 Å². The van der Waals surface area contributed by atoms with Crippen LogP contribution in [0.4, 0.5) is 5.69 Å². The molecule has 2 N–H and O–H groups in total.